The second-order valence-electron chi connectivity index (χ2n) is 12.9. The van der Waals surface area contributed by atoms with E-state index in [1.807, 2.05) is 0 Å². The number of amides is 9. The molecule has 1 aromatic rings. The summed E-state index contributed by atoms with van der Waals surface area (Å²) in [6.07, 6.45) is 8.67. The van der Waals surface area contributed by atoms with E-state index in [4.69, 9.17) is 5.21 Å². The van der Waals surface area contributed by atoms with Gasteiger partial charge in [0.2, 0.25) is 47.3 Å². The molecule has 2 unspecified atom stereocenters. The molecule has 1 aromatic carbocycles. The number of unbranched alkanes of at least 4 members (excludes halogenated alkanes) is 6. The summed E-state index contributed by atoms with van der Waals surface area (Å²) in [4.78, 5) is 106. The lowest BCUT2D eigenvalue weighted by atomic mass is 10.0. The van der Waals surface area contributed by atoms with Gasteiger partial charge in [-0.05, 0) is 50.7 Å². The van der Waals surface area contributed by atoms with Crippen molar-refractivity contribution in [3.8, 4) is 0 Å². The van der Waals surface area contributed by atoms with Crippen LogP contribution < -0.4 is 32.1 Å². The number of rotatable bonds is 17. The lowest BCUT2D eigenvalue weighted by Crippen LogP contribution is -2.52. The normalized spacial score (nSPS) is 18.0. The zero-order valence-electron chi connectivity index (χ0n) is 29.5. The van der Waals surface area contributed by atoms with Crippen molar-refractivity contribution in [1.82, 2.24) is 31.6 Å². The number of piperidine rings is 2. The third-order valence-electron chi connectivity index (χ3n) is 8.95. The topological polar surface area (TPSA) is 249 Å². The number of anilines is 1. The number of nitrogens with one attached hydrogen (secondary N) is 6. The van der Waals surface area contributed by atoms with Gasteiger partial charge in [-0.1, -0.05) is 31.7 Å². The molecule has 0 bridgehead atoms. The minimum absolute atomic E-state index is 0.0246. The maximum absolute atomic E-state index is 12.8. The second-order valence-corrected chi connectivity index (χ2v) is 12.9. The smallest absolute Gasteiger partial charge is 0.255 e. The summed E-state index contributed by atoms with van der Waals surface area (Å²) in [6, 6.07) is 3.84. The summed E-state index contributed by atoms with van der Waals surface area (Å²) in [5.74, 6) is -2.54. The van der Waals surface area contributed by atoms with Crippen LogP contribution in [0.15, 0.2) is 18.2 Å². The van der Waals surface area contributed by atoms with E-state index in [9.17, 15) is 43.2 Å². The number of hydrogen-bond donors (Lipinski definition) is 7. The molecule has 0 spiro atoms. The van der Waals surface area contributed by atoms with Gasteiger partial charge in [0.15, 0.2) is 0 Å². The lowest BCUT2D eigenvalue weighted by molar-refractivity contribution is -0.138. The third kappa shape index (κ3) is 13.2. The van der Waals surface area contributed by atoms with Crippen molar-refractivity contribution in [2.75, 3.05) is 12.4 Å². The van der Waals surface area contributed by atoms with E-state index < -0.39 is 29.8 Å². The number of fused-ring (bicyclic) bond motifs is 1. The van der Waals surface area contributed by atoms with E-state index in [0.717, 1.165) is 38.5 Å². The molecule has 52 heavy (non-hydrogen) atoms. The number of imide groups is 2. The molecular formula is C35H49N7O10. The van der Waals surface area contributed by atoms with Crippen molar-refractivity contribution in [2.24, 2.45) is 0 Å². The zero-order chi connectivity index (χ0) is 38.0. The first kappa shape index (κ1) is 41.2. The molecule has 2 fully saturated rings. The Morgan fingerprint density at radius 1 is 0.731 bits per heavy atom. The van der Waals surface area contributed by atoms with Gasteiger partial charge in [-0.15, -0.1) is 0 Å². The minimum atomic E-state index is -0.684. The quantitative estimate of drug-likeness (QED) is 0.0523. The van der Waals surface area contributed by atoms with Gasteiger partial charge in [0.25, 0.3) is 5.91 Å². The number of carbonyl (C=O) groups excluding carboxylic acids is 9. The Balaban J connectivity index is 0.000000304. The number of carbonyl (C=O) groups is 9. The van der Waals surface area contributed by atoms with Crippen LogP contribution in [0.2, 0.25) is 0 Å². The highest BCUT2D eigenvalue weighted by molar-refractivity contribution is 6.07. The predicted octanol–water partition coefficient (Wildman–Crippen LogP) is 1.23. The van der Waals surface area contributed by atoms with E-state index in [-0.39, 0.29) is 61.3 Å². The van der Waals surface area contributed by atoms with Gasteiger partial charge in [-0.3, -0.25) is 59.0 Å². The average molecular weight is 728 g/mol. The van der Waals surface area contributed by atoms with Crippen LogP contribution in [0, 0.1) is 0 Å². The summed E-state index contributed by atoms with van der Waals surface area (Å²) >= 11 is 0. The van der Waals surface area contributed by atoms with Gasteiger partial charge in [0, 0.05) is 68.9 Å². The predicted molar refractivity (Wildman–Crippen MR) is 185 cm³/mol. The van der Waals surface area contributed by atoms with E-state index in [1.165, 1.54) is 4.90 Å². The van der Waals surface area contributed by atoms with Gasteiger partial charge >= 0.3 is 0 Å². The molecule has 2 saturated heterocycles. The minimum Gasteiger partial charge on any atom is -0.359 e. The fraction of sp³-hybridized carbons (Fsp3) is 0.571. The Labute approximate surface area is 301 Å². The maximum atomic E-state index is 12.8. The van der Waals surface area contributed by atoms with Crippen LogP contribution in [-0.4, -0.2) is 82.4 Å². The van der Waals surface area contributed by atoms with Crippen LogP contribution in [0.3, 0.4) is 0 Å². The van der Waals surface area contributed by atoms with Gasteiger partial charge in [-0.25, -0.2) is 5.48 Å². The standard InChI is InChI=1S/C22H28N4O5.C13H21N3O5/c1-23-18(27)9-4-2-3-5-10-19(28)24-16-8-6-7-14-15(16)13-26(22(14)31)17-11-12-20(29)25-21(17)30;17-10(5-3-1-2-4-6-12(19)16-21)14-9-7-8-11(18)15-13(9)20/h6-8,17H,2-5,9-13H2,1H3,(H,23,27)(H,24,28)(H,25,29,30);9,21H,1-8H2,(H,14,17)(H,16,19)(H,15,18,20). The number of hydrogen-bond acceptors (Lipinski definition) is 10. The van der Waals surface area contributed by atoms with E-state index in [0.29, 0.717) is 61.8 Å². The van der Waals surface area contributed by atoms with E-state index in [1.54, 1.807) is 30.7 Å². The Morgan fingerprint density at radius 3 is 1.87 bits per heavy atom. The highest BCUT2D eigenvalue weighted by Crippen LogP contribution is 2.32. The van der Waals surface area contributed by atoms with E-state index in [2.05, 4.69) is 26.6 Å². The molecule has 3 aliphatic heterocycles. The highest BCUT2D eigenvalue weighted by Gasteiger charge is 2.40. The summed E-state index contributed by atoms with van der Waals surface area (Å²) < 4.78 is 0. The first-order chi connectivity index (χ1) is 24.9. The fourth-order valence-electron chi connectivity index (χ4n) is 6.04. The van der Waals surface area contributed by atoms with Crippen molar-refractivity contribution in [3.63, 3.8) is 0 Å². The molecule has 17 nitrogen and oxygen atoms in total. The van der Waals surface area contributed by atoms with Gasteiger partial charge in [0.05, 0.1) is 0 Å². The summed E-state index contributed by atoms with van der Waals surface area (Å²) in [5.41, 5.74) is 3.30. The first-order valence-corrected chi connectivity index (χ1v) is 17.8. The van der Waals surface area contributed by atoms with Gasteiger partial charge in [0.1, 0.15) is 12.1 Å². The van der Waals surface area contributed by atoms with Gasteiger partial charge in [-0.2, -0.15) is 0 Å². The fourth-order valence-corrected chi connectivity index (χ4v) is 6.04. The Hall–Kier alpha value is -5.19. The van der Waals surface area contributed by atoms with Crippen molar-refractivity contribution in [1.29, 1.82) is 0 Å². The molecule has 0 saturated carbocycles. The second kappa shape index (κ2) is 21.2. The van der Waals surface area contributed by atoms with Crippen LogP contribution in [0.4, 0.5) is 5.69 Å². The molecule has 3 aliphatic rings. The molecule has 284 valence electrons. The summed E-state index contributed by atoms with van der Waals surface area (Å²) in [7, 11) is 1.62. The molecule has 2 atom stereocenters. The molecule has 0 aliphatic carbocycles. The molecule has 4 rings (SSSR count). The van der Waals surface area contributed by atoms with Crippen molar-refractivity contribution in [3.05, 3.63) is 29.3 Å². The van der Waals surface area contributed by atoms with Crippen LogP contribution in [0.25, 0.3) is 0 Å². The summed E-state index contributed by atoms with van der Waals surface area (Å²) in [5, 5.41) is 20.8. The average Bonchev–Trinajstić information content (AvgIpc) is 3.45. The van der Waals surface area contributed by atoms with Crippen molar-refractivity contribution >= 4 is 58.9 Å². The molecular weight excluding hydrogens is 678 g/mol. The number of nitrogens with zero attached hydrogens (tertiary/aromatic N) is 1. The molecule has 9 amide bonds. The SMILES string of the molecule is CNC(=O)CCCCCCC(=O)Nc1cccc2c1CN(C1CCC(=O)NC1=O)C2=O.O=C(CCCCCCC(=O)NC1CCC(=O)NC1=O)NO. The Morgan fingerprint density at radius 2 is 1.29 bits per heavy atom. The lowest BCUT2D eigenvalue weighted by Gasteiger charge is -2.29. The van der Waals surface area contributed by atoms with Crippen molar-refractivity contribution in [2.45, 2.75) is 121 Å². The molecule has 3 heterocycles. The number of benzene rings is 1. The molecule has 0 radical (unpaired) electrons. The van der Waals surface area contributed by atoms with Crippen LogP contribution in [-0.2, 0) is 44.9 Å². The Kier molecular flexibility index (Phi) is 16.8. The van der Waals surface area contributed by atoms with Crippen LogP contribution in [0.1, 0.15) is 119 Å². The van der Waals surface area contributed by atoms with Gasteiger partial charge < -0.3 is 20.9 Å². The van der Waals surface area contributed by atoms with E-state index >= 15 is 0 Å². The number of hydroxylamine groups is 1. The monoisotopic (exact) mass is 727 g/mol. The first-order valence-electron chi connectivity index (χ1n) is 17.8. The molecule has 7 N–H and O–H groups in total. The Bertz CT molecular complexity index is 1510. The van der Waals surface area contributed by atoms with Crippen LogP contribution >= 0.6 is 0 Å². The highest BCUT2D eigenvalue weighted by atomic mass is 16.5. The van der Waals surface area contributed by atoms with Crippen molar-refractivity contribution < 1.29 is 48.4 Å². The molecule has 17 heteroatoms. The van der Waals surface area contributed by atoms with Crippen LogP contribution in [0.5, 0.6) is 0 Å². The molecule has 0 aromatic heterocycles. The third-order valence-corrected chi connectivity index (χ3v) is 8.95. The largest absolute Gasteiger partial charge is 0.359 e. The maximum Gasteiger partial charge on any atom is 0.255 e. The zero-order valence-corrected chi connectivity index (χ0v) is 29.5. The summed E-state index contributed by atoms with van der Waals surface area (Å²) in [6.45, 7) is 0.219.